The van der Waals surface area contributed by atoms with Crippen LogP contribution in [0.2, 0.25) is 0 Å². The molecule has 0 spiro atoms. The molecule has 2 aromatic carbocycles. The lowest BCUT2D eigenvalue weighted by molar-refractivity contribution is -0.356. The smallest absolute Gasteiger partial charge is 0.335 e. The van der Waals surface area contributed by atoms with Crippen LogP contribution in [0.15, 0.2) is 48.6 Å². The minimum absolute atomic E-state index is 0.154. The number of aromatic hydroxyl groups is 4. The molecule has 3 rings (SSSR count). The minimum atomic E-state index is -2.38. The Morgan fingerprint density at radius 2 is 1.51 bits per heavy atom. The van der Waals surface area contributed by atoms with Gasteiger partial charge in [0.25, 0.3) is 0 Å². The van der Waals surface area contributed by atoms with Crippen LogP contribution in [-0.2, 0) is 24.1 Å². The lowest BCUT2D eigenvalue weighted by atomic mass is 9.79. The van der Waals surface area contributed by atoms with Crippen LogP contribution >= 0.6 is 0 Å². The van der Waals surface area contributed by atoms with Crippen molar-refractivity contribution >= 4 is 24.1 Å². The molecule has 1 aliphatic rings. The van der Waals surface area contributed by atoms with Gasteiger partial charge in [0.05, 0.1) is 6.10 Å². The average Bonchev–Trinajstić information content (AvgIpc) is 2.83. The topological polar surface area (TPSA) is 203 Å². The Balaban J connectivity index is 1.65. The standard InChI is InChI=1S/C25H26O12/c26-16-6-3-14(10-18(16)28)2-1-9-35-37-23-20(30)12-25(34,24(32)33)13-21(23)36-22(31)8-5-15-4-7-17(27)19(29)11-15/h1-8,10-11,20-21,23,26-30,34H,9,12-13H2,(H,32,33)/b2-1+,8-5+/t20-,21-,23+,25-/m1/s1. The fourth-order valence-corrected chi connectivity index (χ4v) is 3.63. The molecule has 1 fully saturated rings. The van der Waals surface area contributed by atoms with Crippen molar-refractivity contribution < 1.29 is 59.8 Å². The Kier molecular flexibility index (Phi) is 8.73. The summed E-state index contributed by atoms with van der Waals surface area (Å²) in [5.74, 6) is -3.90. The number of carboxylic acid groups (broad SMARTS) is 1. The lowest BCUT2D eigenvalue weighted by Gasteiger charge is -2.40. The summed E-state index contributed by atoms with van der Waals surface area (Å²) in [5, 5.41) is 68.0. The molecule has 12 nitrogen and oxygen atoms in total. The summed E-state index contributed by atoms with van der Waals surface area (Å²) in [6.45, 7) is -0.154. The third-order valence-electron chi connectivity index (χ3n) is 5.56. The fourth-order valence-electron chi connectivity index (χ4n) is 3.63. The summed E-state index contributed by atoms with van der Waals surface area (Å²) in [7, 11) is 0. The van der Waals surface area contributed by atoms with Crippen LogP contribution < -0.4 is 0 Å². The lowest BCUT2D eigenvalue weighted by Crippen LogP contribution is -2.57. The SMILES string of the molecule is O=C(/C=C/c1ccc(O)c(O)c1)O[C@@H]1C[C@@](O)(C(=O)O)C[C@@H](O)[C@@H]1OOC/C=C/c1ccc(O)c(O)c1. The van der Waals surface area contributed by atoms with Gasteiger partial charge in [-0.05, 0) is 41.5 Å². The highest BCUT2D eigenvalue weighted by molar-refractivity contribution is 5.87. The van der Waals surface area contributed by atoms with E-state index in [1.807, 2.05) is 0 Å². The van der Waals surface area contributed by atoms with E-state index in [4.69, 9.17) is 14.5 Å². The van der Waals surface area contributed by atoms with E-state index in [1.54, 1.807) is 6.08 Å². The van der Waals surface area contributed by atoms with Gasteiger partial charge in [0.2, 0.25) is 0 Å². The summed E-state index contributed by atoms with van der Waals surface area (Å²) in [6.07, 6.45) is -0.218. The molecule has 0 bridgehead atoms. The highest BCUT2D eigenvalue weighted by atomic mass is 17.2. The molecule has 1 aliphatic carbocycles. The van der Waals surface area contributed by atoms with E-state index in [9.17, 15) is 45.3 Å². The molecular formula is C25H26O12. The Bertz CT molecular complexity index is 1190. The van der Waals surface area contributed by atoms with Crippen molar-refractivity contribution in [1.29, 1.82) is 0 Å². The van der Waals surface area contributed by atoms with E-state index in [1.165, 1.54) is 48.6 Å². The van der Waals surface area contributed by atoms with E-state index < -0.39 is 54.4 Å². The van der Waals surface area contributed by atoms with Gasteiger partial charge in [-0.25, -0.2) is 19.4 Å². The predicted octanol–water partition coefficient (Wildman–Crippen LogP) is 1.43. The van der Waals surface area contributed by atoms with Gasteiger partial charge in [-0.15, -0.1) is 0 Å². The Morgan fingerprint density at radius 1 is 0.919 bits per heavy atom. The molecular weight excluding hydrogens is 492 g/mol. The number of hydrogen-bond acceptors (Lipinski definition) is 11. The van der Waals surface area contributed by atoms with Crippen LogP contribution in [0.1, 0.15) is 24.0 Å². The molecule has 0 aliphatic heterocycles. The number of ether oxygens (including phenoxy) is 1. The van der Waals surface area contributed by atoms with Crippen molar-refractivity contribution in [2.24, 2.45) is 0 Å². The van der Waals surface area contributed by atoms with E-state index in [-0.39, 0.29) is 23.9 Å². The van der Waals surface area contributed by atoms with Gasteiger partial charge in [0.15, 0.2) is 34.7 Å². The van der Waals surface area contributed by atoms with Gasteiger partial charge >= 0.3 is 11.9 Å². The van der Waals surface area contributed by atoms with Crippen molar-refractivity contribution in [3.63, 3.8) is 0 Å². The number of benzene rings is 2. The summed E-state index contributed by atoms with van der Waals surface area (Å²) in [5.41, 5.74) is -1.48. The second-order valence-electron chi connectivity index (χ2n) is 8.37. The van der Waals surface area contributed by atoms with Crippen LogP contribution in [0.25, 0.3) is 12.2 Å². The molecule has 0 heterocycles. The zero-order valence-electron chi connectivity index (χ0n) is 19.3. The van der Waals surface area contributed by atoms with Gasteiger partial charge in [-0.2, -0.15) is 0 Å². The van der Waals surface area contributed by atoms with Crippen LogP contribution in [0.5, 0.6) is 23.0 Å². The maximum atomic E-state index is 12.4. The first kappa shape index (κ1) is 27.5. The highest BCUT2D eigenvalue weighted by Crippen LogP contribution is 2.33. The number of phenols is 4. The van der Waals surface area contributed by atoms with Crippen molar-refractivity contribution in [1.82, 2.24) is 0 Å². The molecule has 7 N–H and O–H groups in total. The van der Waals surface area contributed by atoms with Crippen LogP contribution in [0, 0.1) is 0 Å². The third-order valence-corrected chi connectivity index (χ3v) is 5.56. The molecule has 2 aromatic rings. The summed E-state index contributed by atoms with van der Waals surface area (Å²) in [4.78, 5) is 34.2. The van der Waals surface area contributed by atoms with Crippen molar-refractivity contribution in [2.75, 3.05) is 6.61 Å². The number of phenolic OH excluding ortho intramolecular Hbond substituents is 4. The molecule has 198 valence electrons. The first-order valence-electron chi connectivity index (χ1n) is 11.0. The Morgan fingerprint density at radius 3 is 2.08 bits per heavy atom. The normalized spacial score (nSPS) is 23.9. The molecule has 1 saturated carbocycles. The number of aliphatic hydroxyl groups excluding tert-OH is 1. The van der Waals surface area contributed by atoms with Crippen molar-refractivity contribution in [3.05, 3.63) is 59.7 Å². The molecule has 12 heteroatoms. The number of rotatable bonds is 9. The van der Waals surface area contributed by atoms with E-state index in [0.29, 0.717) is 11.1 Å². The maximum absolute atomic E-state index is 12.4. The first-order chi connectivity index (χ1) is 17.5. The van der Waals surface area contributed by atoms with Crippen molar-refractivity contribution in [2.45, 2.75) is 36.8 Å². The number of hydrogen-bond donors (Lipinski definition) is 7. The van der Waals surface area contributed by atoms with Gasteiger partial charge in [-0.3, -0.25) is 0 Å². The molecule has 0 unspecified atom stereocenters. The maximum Gasteiger partial charge on any atom is 0.335 e. The second-order valence-corrected chi connectivity index (χ2v) is 8.37. The molecule has 4 atom stereocenters. The van der Waals surface area contributed by atoms with Crippen LogP contribution in [0.4, 0.5) is 0 Å². The minimum Gasteiger partial charge on any atom is -0.504 e. The first-order valence-corrected chi connectivity index (χ1v) is 11.0. The number of aliphatic carboxylic acids is 1. The van der Waals surface area contributed by atoms with Gasteiger partial charge in [0, 0.05) is 18.9 Å². The second kappa shape index (κ2) is 11.8. The molecule has 0 amide bonds. The zero-order chi connectivity index (χ0) is 27.2. The summed E-state index contributed by atoms with van der Waals surface area (Å²) in [6, 6.07) is 7.97. The predicted molar refractivity (Wildman–Crippen MR) is 126 cm³/mol. The Labute approximate surface area is 210 Å². The summed E-state index contributed by atoms with van der Waals surface area (Å²) >= 11 is 0. The quantitative estimate of drug-likeness (QED) is 0.0629. The van der Waals surface area contributed by atoms with E-state index in [0.717, 1.165) is 6.08 Å². The molecule has 0 radical (unpaired) electrons. The summed E-state index contributed by atoms with van der Waals surface area (Å²) < 4.78 is 5.25. The van der Waals surface area contributed by atoms with E-state index in [2.05, 4.69) is 0 Å². The van der Waals surface area contributed by atoms with Crippen LogP contribution in [-0.4, -0.2) is 78.2 Å². The number of carboxylic acids is 1. The van der Waals surface area contributed by atoms with Gasteiger partial charge in [-0.1, -0.05) is 24.3 Å². The molecule has 0 saturated heterocycles. The molecule has 37 heavy (non-hydrogen) atoms. The number of carbonyl (C=O) groups is 2. The Hall–Kier alpha value is -4.10. The number of esters is 1. The number of aliphatic hydroxyl groups is 2. The monoisotopic (exact) mass is 518 g/mol. The number of carbonyl (C=O) groups excluding carboxylic acids is 1. The van der Waals surface area contributed by atoms with Gasteiger partial charge in [0.1, 0.15) is 12.7 Å². The van der Waals surface area contributed by atoms with Crippen LogP contribution in [0.3, 0.4) is 0 Å². The van der Waals surface area contributed by atoms with E-state index >= 15 is 0 Å². The molecule has 0 aromatic heterocycles. The zero-order valence-corrected chi connectivity index (χ0v) is 19.3. The fraction of sp³-hybridized carbons (Fsp3) is 0.280. The largest absolute Gasteiger partial charge is 0.504 e. The van der Waals surface area contributed by atoms with Gasteiger partial charge < -0.3 is 40.5 Å². The third kappa shape index (κ3) is 7.21. The highest BCUT2D eigenvalue weighted by Gasteiger charge is 2.52. The average molecular weight is 518 g/mol. The van der Waals surface area contributed by atoms with Crippen molar-refractivity contribution in [3.8, 4) is 23.0 Å².